The van der Waals surface area contributed by atoms with E-state index in [-0.39, 0.29) is 5.54 Å². The van der Waals surface area contributed by atoms with Crippen LogP contribution >= 0.6 is 0 Å². The molecule has 0 aromatic heterocycles. The highest BCUT2D eigenvalue weighted by atomic mass is 16.5. The van der Waals surface area contributed by atoms with Gasteiger partial charge in [0.15, 0.2) is 5.96 Å². The molecule has 2 rings (SSSR count). The largest absolute Gasteiger partial charge is 0.381 e. The summed E-state index contributed by atoms with van der Waals surface area (Å²) in [5.41, 5.74) is 7.76. The van der Waals surface area contributed by atoms with Crippen molar-refractivity contribution in [1.82, 2.24) is 5.32 Å². The monoisotopic (exact) mass is 305 g/mol. The van der Waals surface area contributed by atoms with Gasteiger partial charge in [0.2, 0.25) is 0 Å². The van der Waals surface area contributed by atoms with E-state index in [1.54, 1.807) is 7.11 Å². The van der Waals surface area contributed by atoms with Crippen molar-refractivity contribution in [2.45, 2.75) is 38.3 Å². The van der Waals surface area contributed by atoms with Crippen molar-refractivity contribution in [3.63, 3.8) is 0 Å². The van der Waals surface area contributed by atoms with Gasteiger partial charge in [-0.2, -0.15) is 0 Å². The fraction of sp³-hybridized carbons (Fsp3) is 0.588. The lowest BCUT2D eigenvalue weighted by Crippen LogP contribution is -2.47. The van der Waals surface area contributed by atoms with Crippen molar-refractivity contribution in [2.75, 3.05) is 26.9 Å². The molecule has 122 valence electrons. The van der Waals surface area contributed by atoms with Crippen LogP contribution in [0, 0.1) is 0 Å². The predicted octanol–water partition coefficient (Wildman–Crippen LogP) is 1.80. The summed E-state index contributed by atoms with van der Waals surface area (Å²) in [4.78, 5) is 4.50. The van der Waals surface area contributed by atoms with Crippen LogP contribution in [-0.2, 0) is 21.5 Å². The number of guanidine groups is 1. The summed E-state index contributed by atoms with van der Waals surface area (Å²) >= 11 is 0. The highest BCUT2D eigenvalue weighted by Gasteiger charge is 2.38. The zero-order valence-corrected chi connectivity index (χ0v) is 14.0. The molecule has 22 heavy (non-hydrogen) atoms. The standard InChI is InChI=1S/C17H27N3O2/c1-16(2,3)20-15(18)19-11-17(12-21-4)14-8-6-5-7-13(14)9-10-22-17/h5-8H,9-12H2,1-4H3,(H3,18,19,20). The molecular formula is C17H27N3O2. The number of methoxy groups -OCH3 is 1. The van der Waals surface area contributed by atoms with E-state index in [1.807, 2.05) is 26.8 Å². The van der Waals surface area contributed by atoms with Crippen LogP contribution in [0.1, 0.15) is 31.9 Å². The lowest BCUT2D eigenvalue weighted by atomic mass is 9.86. The first-order valence-electron chi connectivity index (χ1n) is 7.66. The van der Waals surface area contributed by atoms with Gasteiger partial charge in [0.05, 0.1) is 19.8 Å². The van der Waals surface area contributed by atoms with E-state index in [4.69, 9.17) is 15.2 Å². The van der Waals surface area contributed by atoms with Crippen LogP contribution in [0.3, 0.4) is 0 Å². The molecule has 1 aromatic rings. The molecule has 0 aliphatic carbocycles. The van der Waals surface area contributed by atoms with Gasteiger partial charge in [-0.25, -0.2) is 4.99 Å². The average Bonchev–Trinajstić information content (AvgIpc) is 2.44. The van der Waals surface area contributed by atoms with Crippen LogP contribution in [-0.4, -0.2) is 38.4 Å². The Balaban J connectivity index is 2.25. The maximum atomic E-state index is 6.10. The van der Waals surface area contributed by atoms with Gasteiger partial charge in [-0.3, -0.25) is 0 Å². The summed E-state index contributed by atoms with van der Waals surface area (Å²) < 4.78 is 11.5. The Bertz CT molecular complexity index is 537. The lowest BCUT2D eigenvalue weighted by Gasteiger charge is -2.37. The summed E-state index contributed by atoms with van der Waals surface area (Å²) in [5, 5.41) is 3.17. The molecule has 5 nitrogen and oxygen atoms in total. The first-order chi connectivity index (χ1) is 10.4. The van der Waals surface area contributed by atoms with E-state index in [9.17, 15) is 0 Å². The molecule has 1 aromatic carbocycles. The summed E-state index contributed by atoms with van der Waals surface area (Å²) in [6.45, 7) is 7.71. The van der Waals surface area contributed by atoms with Gasteiger partial charge in [-0.05, 0) is 38.3 Å². The van der Waals surface area contributed by atoms with Crippen molar-refractivity contribution in [3.05, 3.63) is 35.4 Å². The first kappa shape index (κ1) is 16.8. The molecule has 0 bridgehead atoms. The van der Waals surface area contributed by atoms with Crippen molar-refractivity contribution in [1.29, 1.82) is 0 Å². The molecule has 0 spiro atoms. The topological polar surface area (TPSA) is 68.9 Å². The second kappa shape index (κ2) is 6.67. The Labute approximate surface area is 132 Å². The van der Waals surface area contributed by atoms with E-state index in [2.05, 4.69) is 28.5 Å². The highest BCUT2D eigenvalue weighted by Crippen LogP contribution is 2.34. The van der Waals surface area contributed by atoms with Crippen LogP contribution in [0.15, 0.2) is 29.3 Å². The summed E-state index contributed by atoms with van der Waals surface area (Å²) in [6, 6.07) is 8.32. The van der Waals surface area contributed by atoms with Gasteiger partial charge in [-0.1, -0.05) is 24.3 Å². The smallest absolute Gasteiger partial charge is 0.189 e. The van der Waals surface area contributed by atoms with Crippen molar-refractivity contribution in [2.24, 2.45) is 10.7 Å². The molecule has 0 radical (unpaired) electrons. The minimum absolute atomic E-state index is 0.118. The van der Waals surface area contributed by atoms with E-state index < -0.39 is 5.60 Å². The highest BCUT2D eigenvalue weighted by molar-refractivity contribution is 5.78. The Kier molecular flexibility index (Phi) is 5.08. The predicted molar refractivity (Wildman–Crippen MR) is 89.0 cm³/mol. The van der Waals surface area contributed by atoms with Crippen molar-refractivity contribution in [3.8, 4) is 0 Å². The number of hydrogen-bond acceptors (Lipinski definition) is 3. The number of ether oxygens (including phenoxy) is 2. The third kappa shape index (κ3) is 3.99. The first-order valence-corrected chi connectivity index (χ1v) is 7.66. The fourth-order valence-electron chi connectivity index (χ4n) is 2.78. The molecule has 0 saturated heterocycles. The van der Waals surface area contributed by atoms with Gasteiger partial charge in [0.25, 0.3) is 0 Å². The fourth-order valence-corrected chi connectivity index (χ4v) is 2.78. The zero-order valence-electron chi connectivity index (χ0n) is 14.0. The van der Waals surface area contributed by atoms with Crippen LogP contribution in [0.25, 0.3) is 0 Å². The Hall–Kier alpha value is -1.59. The molecule has 1 aliphatic heterocycles. The van der Waals surface area contributed by atoms with Gasteiger partial charge in [0.1, 0.15) is 5.60 Å². The number of nitrogens with two attached hydrogens (primary N) is 1. The zero-order chi connectivity index (χ0) is 16.2. The SMILES string of the molecule is COCC1(CN=C(N)NC(C)(C)C)OCCc2ccccc21. The molecule has 3 N–H and O–H groups in total. The number of nitrogens with one attached hydrogen (secondary N) is 1. The second-order valence-corrected chi connectivity index (χ2v) is 6.76. The number of fused-ring (bicyclic) bond motifs is 1. The van der Waals surface area contributed by atoms with Gasteiger partial charge >= 0.3 is 0 Å². The molecule has 0 saturated carbocycles. The minimum Gasteiger partial charge on any atom is -0.381 e. The normalized spacial score (nSPS) is 22.3. The van der Waals surface area contributed by atoms with Crippen molar-refractivity contribution < 1.29 is 9.47 Å². The third-order valence-electron chi connectivity index (χ3n) is 3.64. The van der Waals surface area contributed by atoms with E-state index in [0.29, 0.717) is 25.7 Å². The van der Waals surface area contributed by atoms with Gasteiger partial charge in [-0.15, -0.1) is 0 Å². The summed E-state index contributed by atoms with van der Waals surface area (Å²) in [6.07, 6.45) is 0.918. The minimum atomic E-state index is -0.562. The maximum absolute atomic E-state index is 6.10. The molecule has 1 aliphatic rings. The number of aliphatic imine (C=N–C) groups is 1. The molecule has 1 atom stereocenters. The maximum Gasteiger partial charge on any atom is 0.189 e. The van der Waals surface area contributed by atoms with Gasteiger partial charge in [0, 0.05) is 12.6 Å². The molecule has 1 heterocycles. The average molecular weight is 305 g/mol. The summed E-state index contributed by atoms with van der Waals surface area (Å²) in [5.74, 6) is 0.426. The molecule has 1 unspecified atom stereocenters. The Morgan fingerprint density at radius 1 is 1.41 bits per heavy atom. The Morgan fingerprint density at radius 2 is 2.14 bits per heavy atom. The molecule has 0 amide bonds. The quantitative estimate of drug-likeness (QED) is 0.657. The third-order valence-corrected chi connectivity index (χ3v) is 3.64. The molecule has 0 fully saturated rings. The van der Waals surface area contributed by atoms with Gasteiger partial charge < -0.3 is 20.5 Å². The number of rotatable bonds is 4. The van der Waals surface area contributed by atoms with Crippen LogP contribution in [0.5, 0.6) is 0 Å². The Morgan fingerprint density at radius 3 is 2.82 bits per heavy atom. The van der Waals surface area contributed by atoms with E-state index in [0.717, 1.165) is 12.0 Å². The van der Waals surface area contributed by atoms with Crippen LogP contribution in [0.4, 0.5) is 0 Å². The van der Waals surface area contributed by atoms with Crippen molar-refractivity contribution >= 4 is 5.96 Å². The van der Waals surface area contributed by atoms with Crippen LogP contribution < -0.4 is 11.1 Å². The van der Waals surface area contributed by atoms with E-state index in [1.165, 1.54) is 5.56 Å². The van der Waals surface area contributed by atoms with Crippen LogP contribution in [0.2, 0.25) is 0 Å². The molecule has 5 heteroatoms. The number of benzene rings is 1. The molecular weight excluding hydrogens is 278 g/mol. The number of nitrogens with zero attached hydrogens (tertiary/aromatic N) is 1. The van der Waals surface area contributed by atoms with E-state index >= 15 is 0 Å². The lowest BCUT2D eigenvalue weighted by molar-refractivity contribution is -0.0960. The summed E-state index contributed by atoms with van der Waals surface area (Å²) in [7, 11) is 1.68. The number of hydrogen-bond donors (Lipinski definition) is 2. The second-order valence-electron chi connectivity index (χ2n) is 6.76.